The van der Waals surface area contributed by atoms with E-state index < -0.39 is 18.2 Å². The molecule has 0 aromatic heterocycles. The normalized spacial score (nSPS) is 11.6. The van der Waals surface area contributed by atoms with Gasteiger partial charge >= 0.3 is 12.1 Å². The van der Waals surface area contributed by atoms with Crippen molar-refractivity contribution in [1.82, 2.24) is 4.90 Å². The van der Waals surface area contributed by atoms with Crippen LogP contribution in [0, 0.1) is 12.7 Å². The number of hydrogen-bond acceptors (Lipinski definition) is 5. The Morgan fingerprint density at radius 1 is 0.895 bits per heavy atom. The van der Waals surface area contributed by atoms with Crippen LogP contribution in [0.1, 0.15) is 30.0 Å². The van der Waals surface area contributed by atoms with Crippen molar-refractivity contribution in [3.63, 3.8) is 0 Å². The number of halogens is 1. The molecule has 3 aromatic rings. The molecule has 38 heavy (non-hydrogen) atoms. The van der Waals surface area contributed by atoms with Gasteiger partial charge in [0.1, 0.15) is 23.9 Å². The average molecular weight is 524 g/mol. The van der Waals surface area contributed by atoms with E-state index in [1.807, 2.05) is 19.1 Å². The van der Waals surface area contributed by atoms with Gasteiger partial charge < -0.3 is 24.2 Å². The van der Waals surface area contributed by atoms with Crippen molar-refractivity contribution < 1.29 is 33.3 Å². The average Bonchev–Trinajstić information content (AvgIpc) is 2.90. The van der Waals surface area contributed by atoms with Gasteiger partial charge in [-0.15, -0.1) is 0 Å². The highest BCUT2D eigenvalue weighted by molar-refractivity contribution is 5.72. The number of carbonyl (C=O) groups is 2. The van der Waals surface area contributed by atoms with Gasteiger partial charge in [0.2, 0.25) is 0 Å². The van der Waals surface area contributed by atoms with Crippen LogP contribution >= 0.6 is 0 Å². The van der Waals surface area contributed by atoms with Crippen molar-refractivity contribution in [3.05, 3.63) is 95.3 Å². The highest BCUT2D eigenvalue weighted by atomic mass is 19.1. The fourth-order valence-electron chi connectivity index (χ4n) is 3.82. The molecule has 0 heterocycles. The van der Waals surface area contributed by atoms with Crippen molar-refractivity contribution >= 4 is 12.1 Å². The molecule has 202 valence electrons. The minimum Gasteiger partial charge on any atom is -0.492 e. The molecule has 1 unspecified atom stereocenters. The van der Waals surface area contributed by atoms with Gasteiger partial charge in [-0.2, -0.15) is 0 Å². The molecule has 1 N–H and O–H groups in total. The van der Waals surface area contributed by atoms with Crippen LogP contribution in [-0.4, -0.2) is 54.5 Å². The first-order valence-electron chi connectivity index (χ1n) is 12.7. The van der Waals surface area contributed by atoms with Gasteiger partial charge in [0.05, 0.1) is 6.54 Å². The minimum atomic E-state index is -0.996. The second-order valence-corrected chi connectivity index (χ2v) is 8.88. The summed E-state index contributed by atoms with van der Waals surface area (Å²) in [5.74, 6) is -0.204. The predicted molar refractivity (Wildman–Crippen MR) is 142 cm³/mol. The molecule has 0 aliphatic heterocycles. The Hall–Kier alpha value is -3.91. The van der Waals surface area contributed by atoms with E-state index in [-0.39, 0.29) is 18.8 Å². The third-order valence-electron chi connectivity index (χ3n) is 5.91. The van der Waals surface area contributed by atoms with Crippen LogP contribution in [0.25, 0.3) is 0 Å². The van der Waals surface area contributed by atoms with Gasteiger partial charge in [0.15, 0.2) is 6.10 Å². The zero-order valence-corrected chi connectivity index (χ0v) is 21.8. The Morgan fingerprint density at radius 3 is 2.16 bits per heavy atom. The van der Waals surface area contributed by atoms with E-state index in [0.717, 1.165) is 16.7 Å². The predicted octanol–water partition coefficient (Wildman–Crippen LogP) is 5.68. The lowest BCUT2D eigenvalue weighted by molar-refractivity contribution is -0.149. The molecule has 0 saturated heterocycles. The Bertz CT molecular complexity index is 1150. The number of rotatable bonds is 14. The summed E-state index contributed by atoms with van der Waals surface area (Å²) in [6.07, 6.45) is 0.261. The Morgan fingerprint density at radius 2 is 1.53 bits per heavy atom. The smallest absolute Gasteiger partial charge is 0.415 e. The van der Waals surface area contributed by atoms with E-state index in [1.54, 1.807) is 60.4 Å². The molecule has 3 aromatic carbocycles. The largest absolute Gasteiger partial charge is 0.492 e. The number of carboxylic acid groups (broad SMARTS) is 1. The van der Waals surface area contributed by atoms with Crippen LogP contribution in [0.2, 0.25) is 0 Å². The van der Waals surface area contributed by atoms with Crippen LogP contribution < -0.4 is 9.47 Å². The lowest BCUT2D eigenvalue weighted by Gasteiger charge is -2.22. The standard InChI is InChI=1S/C30H34FNO6/c1-3-36-28(29(33)34)21-24-10-16-26(17-11-24)37-20-19-32(18-4-5-23-8-12-25(31)13-9-23)30(35)38-27-14-6-22(2)7-15-27/h6-17,28H,3-5,18-21H2,1-2H3,(H,33,34). The SMILES string of the molecule is CCOC(Cc1ccc(OCCN(CCCc2ccc(F)cc2)C(=O)Oc2ccc(C)cc2)cc1)C(=O)O. The zero-order chi connectivity index (χ0) is 27.3. The summed E-state index contributed by atoms with van der Waals surface area (Å²) in [7, 11) is 0. The number of nitrogens with zero attached hydrogens (tertiary/aromatic N) is 1. The van der Waals surface area contributed by atoms with Crippen molar-refractivity contribution in [2.75, 3.05) is 26.3 Å². The number of hydrogen-bond donors (Lipinski definition) is 1. The molecule has 0 fully saturated rings. The molecule has 3 rings (SSSR count). The lowest BCUT2D eigenvalue weighted by atomic mass is 10.1. The molecule has 0 radical (unpaired) electrons. The van der Waals surface area contributed by atoms with Gasteiger partial charge in [-0.05, 0) is 74.2 Å². The summed E-state index contributed by atoms with van der Waals surface area (Å²) in [6, 6.07) is 20.7. The van der Waals surface area contributed by atoms with E-state index in [4.69, 9.17) is 14.2 Å². The molecule has 0 aliphatic rings. The Labute approximate surface area is 222 Å². The molecular formula is C30H34FNO6. The first-order valence-corrected chi connectivity index (χ1v) is 12.7. The van der Waals surface area contributed by atoms with Crippen LogP contribution in [0.3, 0.4) is 0 Å². The fraction of sp³-hybridized carbons (Fsp3) is 0.333. The van der Waals surface area contributed by atoms with Crippen molar-refractivity contribution in [1.29, 1.82) is 0 Å². The number of benzene rings is 3. The summed E-state index contributed by atoms with van der Waals surface area (Å²) in [4.78, 5) is 25.8. The van der Waals surface area contributed by atoms with Crippen molar-refractivity contribution in [2.45, 2.75) is 39.2 Å². The first kappa shape index (κ1) is 28.7. The maximum atomic E-state index is 13.2. The Balaban J connectivity index is 1.55. The van der Waals surface area contributed by atoms with Crippen LogP contribution in [0.5, 0.6) is 11.5 Å². The van der Waals surface area contributed by atoms with E-state index in [1.165, 1.54) is 12.1 Å². The van der Waals surface area contributed by atoms with E-state index in [2.05, 4.69) is 0 Å². The summed E-state index contributed by atoms with van der Waals surface area (Å²) in [6.45, 7) is 5.04. The second-order valence-electron chi connectivity index (χ2n) is 8.88. The summed E-state index contributed by atoms with van der Waals surface area (Å²) in [5, 5.41) is 9.27. The quantitative estimate of drug-likeness (QED) is 0.293. The number of ether oxygens (including phenoxy) is 3. The molecule has 1 amide bonds. The number of carboxylic acids is 1. The van der Waals surface area contributed by atoms with E-state index in [0.29, 0.717) is 44.0 Å². The zero-order valence-electron chi connectivity index (χ0n) is 21.8. The lowest BCUT2D eigenvalue weighted by Crippen LogP contribution is -2.37. The maximum Gasteiger partial charge on any atom is 0.415 e. The first-order chi connectivity index (χ1) is 18.3. The second kappa shape index (κ2) is 14.7. The van der Waals surface area contributed by atoms with Gasteiger partial charge in [-0.25, -0.2) is 14.0 Å². The summed E-state index contributed by atoms with van der Waals surface area (Å²) >= 11 is 0. The van der Waals surface area contributed by atoms with Crippen LogP contribution in [0.15, 0.2) is 72.8 Å². The van der Waals surface area contributed by atoms with E-state index in [9.17, 15) is 19.1 Å². The van der Waals surface area contributed by atoms with Gasteiger partial charge in [-0.1, -0.05) is 42.0 Å². The van der Waals surface area contributed by atoms with Crippen molar-refractivity contribution in [2.24, 2.45) is 0 Å². The number of aliphatic carboxylic acids is 1. The molecular weight excluding hydrogens is 489 g/mol. The highest BCUT2D eigenvalue weighted by Gasteiger charge is 2.18. The molecule has 1 atom stereocenters. The molecule has 8 heteroatoms. The number of amides is 1. The van der Waals surface area contributed by atoms with E-state index >= 15 is 0 Å². The van der Waals surface area contributed by atoms with Gasteiger partial charge in [0.25, 0.3) is 0 Å². The monoisotopic (exact) mass is 523 g/mol. The minimum absolute atomic E-state index is 0.246. The third-order valence-corrected chi connectivity index (χ3v) is 5.91. The topological polar surface area (TPSA) is 85.3 Å². The molecule has 0 aliphatic carbocycles. The molecule has 0 bridgehead atoms. The molecule has 0 saturated carbocycles. The molecule has 0 spiro atoms. The summed E-state index contributed by atoms with van der Waals surface area (Å²) in [5.41, 5.74) is 2.88. The maximum absolute atomic E-state index is 13.2. The van der Waals surface area contributed by atoms with Crippen molar-refractivity contribution in [3.8, 4) is 11.5 Å². The van der Waals surface area contributed by atoms with Gasteiger partial charge in [0, 0.05) is 19.6 Å². The third kappa shape index (κ3) is 9.52. The Kier molecular flexibility index (Phi) is 11.1. The van der Waals surface area contributed by atoms with Gasteiger partial charge in [-0.3, -0.25) is 0 Å². The number of aryl methyl sites for hydroxylation is 2. The summed E-state index contributed by atoms with van der Waals surface area (Å²) < 4.78 is 29.9. The fourth-order valence-corrected chi connectivity index (χ4v) is 3.82. The van der Waals surface area contributed by atoms with Crippen LogP contribution in [0.4, 0.5) is 9.18 Å². The number of carbonyl (C=O) groups excluding carboxylic acids is 1. The molecule has 7 nitrogen and oxygen atoms in total. The van der Waals surface area contributed by atoms with Crippen LogP contribution in [-0.2, 0) is 22.4 Å². The highest BCUT2D eigenvalue weighted by Crippen LogP contribution is 2.16.